The fraction of sp³-hybridized carbons (Fsp3) is 0.333. The quantitative estimate of drug-likeness (QED) is 0.307. The molecular weight excluding hydrogens is 479 g/mol. The van der Waals surface area contributed by atoms with Gasteiger partial charge in [0.1, 0.15) is 35.2 Å². The van der Waals surface area contributed by atoms with Crippen molar-refractivity contribution >= 4 is 28.5 Å². The molecule has 3 rings (SSSR count). The van der Waals surface area contributed by atoms with Crippen LogP contribution in [0.3, 0.4) is 0 Å². The average Bonchev–Trinajstić information content (AvgIpc) is 3.21. The minimum Gasteiger partial charge on any atom is -0.485 e. The summed E-state index contributed by atoms with van der Waals surface area (Å²) in [6.07, 6.45) is 3.07. The first-order valence-corrected chi connectivity index (χ1v) is 11.1. The zero-order valence-corrected chi connectivity index (χ0v) is 19.8. The highest BCUT2D eigenvalue weighted by molar-refractivity contribution is 5.90. The Morgan fingerprint density at radius 3 is 2.81 bits per heavy atom. The van der Waals surface area contributed by atoms with Crippen LogP contribution in [0.15, 0.2) is 47.4 Å². The van der Waals surface area contributed by atoms with Crippen molar-refractivity contribution in [2.24, 2.45) is 0 Å². The lowest BCUT2D eigenvalue weighted by Gasteiger charge is -2.08. The van der Waals surface area contributed by atoms with Crippen molar-refractivity contribution in [2.45, 2.75) is 32.2 Å². The molecule has 192 valence electrons. The summed E-state index contributed by atoms with van der Waals surface area (Å²) in [5.41, 5.74) is -0.0222. The number of hydrogen-bond acceptors (Lipinski definition) is 5. The van der Waals surface area contributed by atoms with E-state index in [2.05, 4.69) is 15.3 Å². The summed E-state index contributed by atoms with van der Waals surface area (Å²) in [4.78, 5) is 45.1. The van der Waals surface area contributed by atoms with Crippen LogP contribution in [-0.4, -0.2) is 58.4 Å². The summed E-state index contributed by atoms with van der Waals surface area (Å²) in [6, 6.07) is 5.16. The number of ether oxygens (including phenoxy) is 1. The number of pyridine rings is 1. The topological polar surface area (TPSA) is 109 Å². The average molecular weight is 505 g/mol. The number of fused-ring (bicyclic) bond motifs is 1. The number of benzene rings is 1. The summed E-state index contributed by atoms with van der Waals surface area (Å²) in [5, 5.41) is 2.58. The largest absolute Gasteiger partial charge is 0.485 e. The number of H-pyrrole nitrogens is 1. The van der Waals surface area contributed by atoms with Gasteiger partial charge in [0.15, 0.2) is 0 Å². The SMILES string of the molecule is CN(C)C(=O)/C=C/CCCC(=O)Nc1cccn(Cc2nc3c(OCC(F)F)cc(F)cc3[nH]2)c1=O. The standard InChI is InChI=1S/C24H26F3N5O4/c1-31(2)22(34)9-5-3-4-8-21(33)29-16-7-6-10-32(24(16)35)13-20-28-17-11-15(25)12-18(23(17)30-20)36-14-19(26)27/h5-7,9-12,19H,3-4,8,13-14H2,1-2H3,(H,28,30)(H,29,33)/b9-5+. The Bertz CT molecular complexity index is 1320. The number of hydrogen-bond donors (Lipinski definition) is 2. The van der Waals surface area contributed by atoms with Gasteiger partial charge in [0, 0.05) is 32.8 Å². The molecule has 0 radical (unpaired) electrons. The molecule has 1 aromatic carbocycles. The van der Waals surface area contributed by atoms with Gasteiger partial charge in [-0.1, -0.05) is 6.08 Å². The second kappa shape index (κ2) is 12.0. The Kier molecular flexibility index (Phi) is 8.87. The number of nitrogens with one attached hydrogen (secondary N) is 2. The van der Waals surface area contributed by atoms with Crippen molar-refractivity contribution in [3.8, 4) is 5.75 Å². The Morgan fingerprint density at radius 1 is 1.31 bits per heavy atom. The number of anilines is 1. The third-order valence-corrected chi connectivity index (χ3v) is 5.02. The number of allylic oxidation sites excluding steroid dienone is 1. The minimum absolute atomic E-state index is 0.0438. The van der Waals surface area contributed by atoms with E-state index in [-0.39, 0.29) is 53.1 Å². The molecule has 2 aromatic heterocycles. The van der Waals surface area contributed by atoms with Crippen LogP contribution in [0.5, 0.6) is 5.75 Å². The molecule has 9 nitrogen and oxygen atoms in total. The van der Waals surface area contributed by atoms with E-state index in [1.165, 1.54) is 27.8 Å². The van der Waals surface area contributed by atoms with E-state index in [4.69, 9.17) is 4.74 Å². The normalized spacial score (nSPS) is 11.4. The van der Waals surface area contributed by atoms with Gasteiger partial charge in [-0.3, -0.25) is 14.4 Å². The minimum atomic E-state index is -2.73. The molecule has 0 fully saturated rings. The molecule has 0 aliphatic rings. The highest BCUT2D eigenvalue weighted by Gasteiger charge is 2.15. The number of rotatable bonds is 11. The van der Waals surface area contributed by atoms with Crippen LogP contribution >= 0.6 is 0 Å². The van der Waals surface area contributed by atoms with Gasteiger partial charge in [0.25, 0.3) is 12.0 Å². The first-order valence-electron chi connectivity index (χ1n) is 11.1. The van der Waals surface area contributed by atoms with Crippen LogP contribution < -0.4 is 15.6 Å². The molecule has 3 aromatic rings. The molecule has 0 bridgehead atoms. The fourth-order valence-corrected chi connectivity index (χ4v) is 3.29. The van der Waals surface area contributed by atoms with Crippen molar-refractivity contribution in [1.29, 1.82) is 0 Å². The molecule has 2 N–H and O–H groups in total. The number of amides is 2. The van der Waals surface area contributed by atoms with E-state index in [9.17, 15) is 27.6 Å². The monoisotopic (exact) mass is 505 g/mol. The molecule has 0 saturated carbocycles. The zero-order chi connectivity index (χ0) is 26.2. The van der Waals surface area contributed by atoms with Crippen molar-refractivity contribution in [3.05, 3.63) is 64.6 Å². The number of unbranched alkanes of at least 4 members (excludes halogenated alkanes) is 1. The van der Waals surface area contributed by atoms with E-state index in [0.717, 1.165) is 12.1 Å². The molecule has 2 heterocycles. The lowest BCUT2D eigenvalue weighted by atomic mass is 10.2. The van der Waals surface area contributed by atoms with E-state index in [1.807, 2.05) is 0 Å². The number of likely N-dealkylation sites (N-methyl/N-ethyl adjacent to an activating group) is 1. The summed E-state index contributed by atoms with van der Waals surface area (Å²) in [7, 11) is 3.28. The second-order valence-corrected chi connectivity index (χ2v) is 8.12. The molecular formula is C24H26F3N5O4. The summed E-state index contributed by atoms with van der Waals surface area (Å²) in [6.45, 7) is -0.954. The maximum Gasteiger partial charge on any atom is 0.274 e. The first kappa shape index (κ1) is 26.5. The highest BCUT2D eigenvalue weighted by atomic mass is 19.3. The van der Waals surface area contributed by atoms with Gasteiger partial charge in [-0.2, -0.15) is 0 Å². The molecule has 0 aliphatic carbocycles. The maximum atomic E-state index is 13.9. The Hall–Kier alpha value is -4.09. The van der Waals surface area contributed by atoms with Gasteiger partial charge in [-0.05, 0) is 37.1 Å². The zero-order valence-electron chi connectivity index (χ0n) is 19.8. The molecule has 0 atom stereocenters. The smallest absolute Gasteiger partial charge is 0.274 e. The van der Waals surface area contributed by atoms with Crippen molar-refractivity contribution < 1.29 is 27.5 Å². The van der Waals surface area contributed by atoms with Crippen molar-refractivity contribution in [3.63, 3.8) is 0 Å². The molecule has 0 aliphatic heterocycles. The van der Waals surface area contributed by atoms with Crippen LogP contribution in [0, 0.1) is 5.82 Å². The van der Waals surface area contributed by atoms with E-state index in [0.29, 0.717) is 12.8 Å². The summed E-state index contributed by atoms with van der Waals surface area (Å²) >= 11 is 0. The van der Waals surface area contributed by atoms with Crippen molar-refractivity contribution in [2.75, 3.05) is 26.0 Å². The number of imidazole rings is 1. The van der Waals surface area contributed by atoms with Crippen LogP contribution in [0.25, 0.3) is 11.0 Å². The Labute approximate surface area is 204 Å². The predicted octanol–water partition coefficient (Wildman–Crippen LogP) is 3.31. The first-order chi connectivity index (χ1) is 17.1. The third-order valence-electron chi connectivity index (χ3n) is 5.02. The van der Waals surface area contributed by atoms with Gasteiger partial charge in [0.2, 0.25) is 11.8 Å². The molecule has 0 saturated heterocycles. The number of alkyl halides is 2. The van der Waals surface area contributed by atoms with E-state index < -0.39 is 24.4 Å². The molecule has 0 spiro atoms. The van der Waals surface area contributed by atoms with Gasteiger partial charge < -0.3 is 24.5 Å². The number of carbonyl (C=O) groups is 2. The highest BCUT2D eigenvalue weighted by Crippen LogP contribution is 2.26. The third kappa shape index (κ3) is 7.20. The fourth-order valence-electron chi connectivity index (χ4n) is 3.29. The predicted molar refractivity (Wildman–Crippen MR) is 128 cm³/mol. The van der Waals surface area contributed by atoms with Crippen molar-refractivity contribution in [1.82, 2.24) is 19.4 Å². The molecule has 0 unspecified atom stereocenters. The summed E-state index contributed by atoms with van der Waals surface area (Å²) in [5.74, 6) is -1.05. The van der Waals surface area contributed by atoms with E-state index >= 15 is 0 Å². The van der Waals surface area contributed by atoms with Gasteiger partial charge >= 0.3 is 0 Å². The molecule has 36 heavy (non-hydrogen) atoms. The van der Waals surface area contributed by atoms with Gasteiger partial charge in [-0.15, -0.1) is 0 Å². The summed E-state index contributed by atoms with van der Waals surface area (Å²) < 4.78 is 45.2. The van der Waals surface area contributed by atoms with Gasteiger partial charge in [-0.25, -0.2) is 18.2 Å². The van der Waals surface area contributed by atoms with Gasteiger partial charge in [0.05, 0.1) is 12.1 Å². The Balaban J connectivity index is 1.66. The molecule has 2 amide bonds. The lowest BCUT2D eigenvalue weighted by Crippen LogP contribution is -2.26. The lowest BCUT2D eigenvalue weighted by molar-refractivity contribution is -0.123. The van der Waals surface area contributed by atoms with Crippen LogP contribution in [0.1, 0.15) is 25.1 Å². The van der Waals surface area contributed by atoms with Crippen LogP contribution in [0.4, 0.5) is 18.9 Å². The number of nitrogens with zero attached hydrogens (tertiary/aromatic N) is 3. The van der Waals surface area contributed by atoms with Crippen LogP contribution in [-0.2, 0) is 16.1 Å². The molecule has 12 heteroatoms. The number of aromatic nitrogens is 3. The Morgan fingerprint density at radius 2 is 2.08 bits per heavy atom. The number of halogens is 3. The number of carbonyl (C=O) groups excluding carboxylic acids is 2. The van der Waals surface area contributed by atoms with Crippen LogP contribution in [0.2, 0.25) is 0 Å². The maximum absolute atomic E-state index is 13.9. The number of aromatic amines is 1. The van der Waals surface area contributed by atoms with E-state index in [1.54, 1.807) is 26.2 Å². The second-order valence-electron chi connectivity index (χ2n) is 8.12.